The Morgan fingerprint density at radius 3 is 3.15 bits per heavy atom. The smallest absolute Gasteiger partial charge is 0.126 e. The van der Waals surface area contributed by atoms with Crippen LogP contribution in [0.3, 0.4) is 0 Å². The van der Waals surface area contributed by atoms with Crippen LogP contribution in [0, 0.1) is 0 Å². The van der Waals surface area contributed by atoms with Gasteiger partial charge in [0, 0.05) is 31.7 Å². The van der Waals surface area contributed by atoms with Crippen LogP contribution >= 0.6 is 0 Å². The molecule has 1 aromatic heterocycles. The van der Waals surface area contributed by atoms with E-state index in [4.69, 9.17) is 5.73 Å². The van der Waals surface area contributed by atoms with Crippen LogP contribution in [0.15, 0.2) is 12.3 Å². The molecular formula is C9H16N4. The summed E-state index contributed by atoms with van der Waals surface area (Å²) in [5.41, 5.74) is 6.02. The Morgan fingerprint density at radius 2 is 2.38 bits per heavy atom. The largest absolute Gasteiger partial charge is 0.356 e. The number of rotatable bonds is 0. The van der Waals surface area contributed by atoms with Crippen molar-refractivity contribution in [1.82, 2.24) is 9.78 Å². The fraction of sp³-hybridized carbons (Fsp3) is 0.667. The number of hydrogen-bond acceptors (Lipinski definition) is 3. The molecule has 2 N–H and O–H groups in total. The zero-order valence-electron chi connectivity index (χ0n) is 8.14. The van der Waals surface area contributed by atoms with E-state index in [1.807, 2.05) is 16.9 Å². The highest BCUT2D eigenvalue weighted by atomic mass is 15.4. The predicted octanol–water partition coefficient (Wildman–Crippen LogP) is 0.439. The zero-order valence-corrected chi connectivity index (χ0v) is 8.14. The molecule has 0 amide bonds. The zero-order chi connectivity index (χ0) is 9.42. The van der Waals surface area contributed by atoms with Gasteiger partial charge in [0.25, 0.3) is 0 Å². The van der Waals surface area contributed by atoms with Gasteiger partial charge in [0.05, 0.1) is 6.20 Å². The summed E-state index contributed by atoms with van der Waals surface area (Å²) in [5.74, 6) is 1.17. The van der Waals surface area contributed by atoms with Gasteiger partial charge in [0.15, 0.2) is 0 Å². The lowest BCUT2D eigenvalue weighted by Crippen LogP contribution is -2.43. The Morgan fingerprint density at radius 1 is 1.62 bits per heavy atom. The molecule has 1 aliphatic heterocycles. The molecule has 2 heterocycles. The van der Waals surface area contributed by atoms with Crippen molar-refractivity contribution in [2.75, 3.05) is 11.9 Å². The Hall–Kier alpha value is -1.03. The highest BCUT2D eigenvalue weighted by Crippen LogP contribution is 2.20. The predicted molar refractivity (Wildman–Crippen MR) is 52.7 cm³/mol. The van der Waals surface area contributed by atoms with E-state index in [0.717, 1.165) is 13.0 Å². The van der Waals surface area contributed by atoms with E-state index < -0.39 is 0 Å². The van der Waals surface area contributed by atoms with Crippen molar-refractivity contribution in [2.24, 2.45) is 5.73 Å². The summed E-state index contributed by atoms with van der Waals surface area (Å²) in [6.45, 7) is 3.09. The molecule has 2 unspecified atom stereocenters. The third kappa shape index (κ3) is 1.31. The first-order valence-electron chi connectivity index (χ1n) is 4.70. The standard InChI is InChI=1S/C9H16N4/c1-7-8(10)4-6-13-9(12(7)2)3-5-11-13/h3,5,7-8H,4,6,10H2,1-2H3. The molecule has 0 saturated heterocycles. The van der Waals surface area contributed by atoms with Gasteiger partial charge in [-0.05, 0) is 13.3 Å². The molecule has 0 spiro atoms. The van der Waals surface area contributed by atoms with Crippen molar-refractivity contribution in [3.63, 3.8) is 0 Å². The van der Waals surface area contributed by atoms with E-state index in [2.05, 4.69) is 24.0 Å². The minimum atomic E-state index is 0.242. The van der Waals surface area contributed by atoms with E-state index in [1.54, 1.807) is 0 Å². The first kappa shape index (κ1) is 8.56. The second-order valence-corrected chi connectivity index (χ2v) is 3.72. The molecule has 4 nitrogen and oxygen atoms in total. The summed E-state index contributed by atoms with van der Waals surface area (Å²) in [4.78, 5) is 2.20. The minimum absolute atomic E-state index is 0.242. The van der Waals surface area contributed by atoms with Crippen LogP contribution in [0.2, 0.25) is 0 Å². The number of aromatic nitrogens is 2. The third-order valence-corrected chi connectivity index (χ3v) is 2.96. The van der Waals surface area contributed by atoms with Crippen LogP contribution in [0.1, 0.15) is 13.3 Å². The lowest BCUT2D eigenvalue weighted by atomic mass is 10.1. The normalized spacial score (nSPS) is 28.4. The van der Waals surface area contributed by atoms with Gasteiger partial charge >= 0.3 is 0 Å². The molecule has 0 saturated carbocycles. The lowest BCUT2D eigenvalue weighted by molar-refractivity contribution is 0.493. The Bertz CT molecular complexity index is 294. The van der Waals surface area contributed by atoms with Gasteiger partial charge in [-0.15, -0.1) is 0 Å². The first-order valence-corrected chi connectivity index (χ1v) is 4.70. The Labute approximate surface area is 78.3 Å². The summed E-state index contributed by atoms with van der Waals surface area (Å²) < 4.78 is 2.02. The number of hydrogen-bond donors (Lipinski definition) is 1. The Kier molecular flexibility index (Phi) is 2.00. The van der Waals surface area contributed by atoms with Crippen LogP contribution in [-0.2, 0) is 6.54 Å². The van der Waals surface area contributed by atoms with Gasteiger partial charge in [-0.25, -0.2) is 4.68 Å². The number of aryl methyl sites for hydroxylation is 1. The molecule has 0 bridgehead atoms. The number of likely N-dealkylation sites (N-methyl/N-ethyl adjacent to an activating group) is 1. The summed E-state index contributed by atoms with van der Waals surface area (Å²) in [6, 6.07) is 2.67. The monoisotopic (exact) mass is 180 g/mol. The van der Waals surface area contributed by atoms with Crippen molar-refractivity contribution < 1.29 is 0 Å². The molecule has 0 aromatic carbocycles. The molecule has 13 heavy (non-hydrogen) atoms. The SMILES string of the molecule is CC1C(N)CCn2nccc2N1C. The second-order valence-electron chi connectivity index (χ2n) is 3.72. The first-order chi connectivity index (χ1) is 6.20. The van der Waals surface area contributed by atoms with Gasteiger partial charge in [0.2, 0.25) is 0 Å². The van der Waals surface area contributed by atoms with Crippen molar-refractivity contribution in [1.29, 1.82) is 0 Å². The van der Waals surface area contributed by atoms with E-state index in [9.17, 15) is 0 Å². The Balaban J connectivity index is 2.34. The molecule has 72 valence electrons. The summed E-state index contributed by atoms with van der Waals surface area (Å²) >= 11 is 0. The van der Waals surface area contributed by atoms with Gasteiger partial charge in [-0.2, -0.15) is 5.10 Å². The fourth-order valence-corrected chi connectivity index (χ4v) is 1.81. The average Bonchev–Trinajstić information content (AvgIpc) is 2.56. The summed E-state index contributed by atoms with van der Waals surface area (Å²) in [7, 11) is 2.07. The fourth-order valence-electron chi connectivity index (χ4n) is 1.81. The maximum Gasteiger partial charge on any atom is 0.126 e. The highest BCUT2D eigenvalue weighted by molar-refractivity contribution is 5.39. The molecule has 2 atom stereocenters. The number of nitrogens with two attached hydrogens (primary N) is 1. The number of fused-ring (bicyclic) bond motifs is 1. The van der Waals surface area contributed by atoms with Gasteiger partial charge < -0.3 is 10.6 Å². The summed E-state index contributed by atoms with van der Waals surface area (Å²) in [6.07, 6.45) is 2.84. The molecule has 1 aliphatic rings. The van der Waals surface area contributed by atoms with Gasteiger partial charge in [-0.3, -0.25) is 0 Å². The van der Waals surface area contributed by atoms with E-state index >= 15 is 0 Å². The van der Waals surface area contributed by atoms with Crippen LogP contribution in [-0.4, -0.2) is 28.9 Å². The van der Waals surface area contributed by atoms with E-state index in [0.29, 0.717) is 6.04 Å². The number of anilines is 1. The van der Waals surface area contributed by atoms with Crippen molar-refractivity contribution >= 4 is 5.82 Å². The molecular weight excluding hydrogens is 164 g/mol. The van der Waals surface area contributed by atoms with E-state index in [1.165, 1.54) is 5.82 Å². The molecule has 0 radical (unpaired) electrons. The molecule has 0 fully saturated rings. The maximum absolute atomic E-state index is 6.02. The third-order valence-electron chi connectivity index (χ3n) is 2.96. The molecule has 1 aromatic rings. The highest BCUT2D eigenvalue weighted by Gasteiger charge is 2.23. The van der Waals surface area contributed by atoms with Crippen LogP contribution < -0.4 is 10.6 Å². The van der Waals surface area contributed by atoms with Crippen LogP contribution in [0.4, 0.5) is 5.82 Å². The number of nitrogens with zero attached hydrogens (tertiary/aromatic N) is 3. The van der Waals surface area contributed by atoms with Crippen molar-refractivity contribution in [3.8, 4) is 0 Å². The van der Waals surface area contributed by atoms with Crippen LogP contribution in [0.25, 0.3) is 0 Å². The minimum Gasteiger partial charge on any atom is -0.356 e. The topological polar surface area (TPSA) is 47.1 Å². The average molecular weight is 180 g/mol. The van der Waals surface area contributed by atoms with Crippen LogP contribution in [0.5, 0.6) is 0 Å². The van der Waals surface area contributed by atoms with E-state index in [-0.39, 0.29) is 6.04 Å². The summed E-state index contributed by atoms with van der Waals surface area (Å²) in [5, 5.41) is 4.26. The van der Waals surface area contributed by atoms with Gasteiger partial charge in [0.1, 0.15) is 5.82 Å². The molecule has 4 heteroatoms. The second kappa shape index (κ2) is 3.03. The molecule has 0 aliphatic carbocycles. The van der Waals surface area contributed by atoms with Crippen molar-refractivity contribution in [3.05, 3.63) is 12.3 Å². The maximum atomic E-state index is 6.02. The van der Waals surface area contributed by atoms with Crippen molar-refractivity contribution in [2.45, 2.75) is 32.0 Å². The van der Waals surface area contributed by atoms with Gasteiger partial charge in [-0.1, -0.05) is 0 Å². The molecule has 2 rings (SSSR count). The quantitative estimate of drug-likeness (QED) is 0.630. The lowest BCUT2D eigenvalue weighted by Gasteiger charge is -2.27.